The zero-order valence-corrected chi connectivity index (χ0v) is 94.6. The number of nitrogen functional groups attached to an aromatic ring is 2. The van der Waals surface area contributed by atoms with E-state index in [2.05, 4.69) is 353 Å². The number of halogens is 9. The second-order valence-corrected chi connectivity index (χ2v) is 40.9. The van der Waals surface area contributed by atoms with Crippen LogP contribution in [0.5, 0.6) is 0 Å². The van der Waals surface area contributed by atoms with Crippen molar-refractivity contribution in [2.24, 2.45) is 0 Å². The second kappa shape index (κ2) is 65.6. The smallest absolute Gasteiger partial charge is 0.149 e. The maximum absolute atomic E-state index is 16.4. The molecule has 0 radical (unpaired) electrons. The lowest BCUT2D eigenvalue weighted by atomic mass is 10.1. The third kappa shape index (κ3) is 40.3. The van der Waals surface area contributed by atoms with Crippen LogP contribution < -0.4 is 36.4 Å². The maximum atomic E-state index is 16.4. The van der Waals surface area contributed by atoms with E-state index in [1.54, 1.807) is 24.3 Å². The summed E-state index contributed by atoms with van der Waals surface area (Å²) >= 11 is 20.0. The Hall–Kier alpha value is -12.0. The Balaban J connectivity index is 0.000000191. The number of unbranched alkanes of at least 4 members (excludes halogenated alkanes) is 7. The van der Waals surface area contributed by atoms with Gasteiger partial charge in [0.25, 0.3) is 0 Å². The number of rotatable bonds is 35. The molecule has 756 valence electrons. The largest absolute Gasteiger partial charge is 0.399 e. The number of nitrogens with zero attached hydrogens (tertiary/aromatic N) is 4. The van der Waals surface area contributed by atoms with Crippen LogP contribution in [0, 0.1) is 17.5 Å². The van der Waals surface area contributed by atoms with Crippen LogP contribution in [0.3, 0.4) is 0 Å². The number of hydrogen-bond donors (Lipinski definition) is 3. The van der Waals surface area contributed by atoms with Gasteiger partial charge < -0.3 is 36.4 Å². The van der Waals surface area contributed by atoms with E-state index in [4.69, 9.17) is 11.5 Å². The van der Waals surface area contributed by atoms with Crippen LogP contribution in [0.25, 0.3) is 0 Å². The van der Waals surface area contributed by atoms with E-state index in [-0.39, 0.29) is 17.5 Å². The minimum absolute atomic E-state index is 0.246. The molecule has 0 aliphatic carbocycles. The highest BCUT2D eigenvalue weighted by Gasteiger charge is 2.24. The number of nitrogens with two attached hydrogens (primary N) is 2. The van der Waals surface area contributed by atoms with Gasteiger partial charge >= 0.3 is 0 Å². The number of anilines is 16. The Morgan fingerprint density at radius 1 is 0.199 bits per heavy atom. The molecule has 0 fully saturated rings. The Kier molecular flexibility index (Phi) is 52.1. The first-order valence-electron chi connectivity index (χ1n) is 51.0. The molecule has 17 aromatic carbocycles. The number of hydrogen-bond acceptors (Lipinski definition) is 7. The molecule has 0 spiro atoms. The van der Waals surface area contributed by atoms with E-state index < -0.39 is 0 Å². The topological polar surface area (TPSA) is 77.0 Å². The van der Waals surface area contributed by atoms with Gasteiger partial charge in [-0.2, -0.15) is 0 Å². The predicted octanol–water partition coefficient (Wildman–Crippen LogP) is 42.7. The molecule has 0 aliphatic heterocycles. The molecule has 16 heteroatoms. The van der Waals surface area contributed by atoms with E-state index in [9.17, 15) is 4.39 Å². The van der Waals surface area contributed by atoms with E-state index in [1.807, 2.05) is 210 Å². The van der Waals surface area contributed by atoms with Crippen LogP contribution in [-0.4, -0.2) is 0 Å². The summed E-state index contributed by atoms with van der Waals surface area (Å²) in [6, 6.07) is 142. The van der Waals surface area contributed by atoms with E-state index in [0.717, 1.165) is 147 Å². The molecule has 0 aromatic heterocycles. The standard InChI is InChI=1S/C38H37Br2FN2.C38H39FN2.C16H19N.C10H13Br.C10H15N.C6H3Br2F.C6H5Br.C6H7N/c1-3-5-7-28-9-17-32(18-10-28)42(33-21-13-30(39)14-22-33)36-25-26-38(37(41)27-36)43(35-23-15-31(40)16-24-35)34-19-11-29(12-20-34)8-6-4-2;1-3-5-13-30-19-23-34(24-20-30)40(32-15-9-7-10-16-32)36-27-28-38(37(39)29-36)41(33-17-11-8-12-18-33)35-25-21-31(22-26-35)14-6-4-2;1-2-3-7-14-10-12-16(13-11-14)17-15-8-5-4-6-9-15;2*1-2-3-4-9-5-7-10(11)8-6-9;7-4-1-2-5(8)6(9)3-4;2*7-6-4-2-1-3-5-6/h9-27H,3-8H2,1-2H3;7-12,15-29H,3-6,13-14H2,1-2H3;4-6,8-13,17H,2-3,7H2,1H3;5-8H,2-4H2,1H3;5-8H,2-4,11H2,1H3;1-3H;1-5H;1-5H,7H2. The van der Waals surface area contributed by atoms with Crippen molar-refractivity contribution < 1.29 is 13.2 Å². The van der Waals surface area contributed by atoms with Crippen molar-refractivity contribution in [3.63, 3.8) is 0 Å². The summed E-state index contributed by atoms with van der Waals surface area (Å²) in [5.41, 5.74) is 34.5. The summed E-state index contributed by atoms with van der Waals surface area (Å²) in [6.45, 7) is 15.5. The molecule has 7 nitrogen and oxygen atoms in total. The highest BCUT2D eigenvalue weighted by Crippen LogP contribution is 2.45. The summed E-state index contributed by atoms with van der Waals surface area (Å²) in [5, 5.41) is 3.39. The first kappa shape index (κ1) is 116. The lowest BCUT2D eigenvalue weighted by Crippen LogP contribution is -2.14. The predicted molar refractivity (Wildman–Crippen MR) is 645 cm³/mol. The monoisotopic (exact) mass is 2330 g/mol. The van der Waals surface area contributed by atoms with Crippen molar-refractivity contribution in [2.75, 3.05) is 36.4 Å². The van der Waals surface area contributed by atoms with Gasteiger partial charge in [-0.3, -0.25) is 0 Å². The summed E-state index contributed by atoms with van der Waals surface area (Å²) < 4.78 is 50.6. The summed E-state index contributed by atoms with van der Waals surface area (Å²) in [6.07, 6.45) is 24.7. The first-order valence-corrected chi connectivity index (χ1v) is 55.8. The van der Waals surface area contributed by atoms with Crippen LogP contribution in [0.15, 0.2) is 451 Å². The molecule has 0 unspecified atom stereocenters. The number of para-hydroxylation sites is 4. The fourth-order valence-corrected chi connectivity index (χ4v) is 17.4. The Labute approximate surface area is 919 Å². The Morgan fingerprint density at radius 3 is 0.692 bits per heavy atom. The quantitative estimate of drug-likeness (QED) is 0.0270. The van der Waals surface area contributed by atoms with Gasteiger partial charge in [0.15, 0.2) is 0 Å². The number of benzene rings is 17. The third-order valence-electron chi connectivity index (χ3n) is 23.9. The molecule has 0 saturated heterocycles. The summed E-state index contributed by atoms with van der Waals surface area (Å²) in [5.74, 6) is -0.816. The van der Waals surface area contributed by atoms with Gasteiger partial charge in [0.05, 0.1) is 15.8 Å². The lowest BCUT2D eigenvalue weighted by Gasteiger charge is -2.29. The lowest BCUT2D eigenvalue weighted by molar-refractivity contribution is 0.620. The molecule has 17 aromatic rings. The van der Waals surface area contributed by atoms with Crippen molar-refractivity contribution in [3.8, 4) is 0 Å². The van der Waals surface area contributed by atoms with Crippen molar-refractivity contribution in [1.82, 2.24) is 0 Å². The molecule has 0 aliphatic rings. The fourth-order valence-electron chi connectivity index (χ4n) is 15.7. The van der Waals surface area contributed by atoms with Crippen molar-refractivity contribution >= 4 is 187 Å². The molecular weight excluding hydrogens is 2200 g/mol. The van der Waals surface area contributed by atoms with Crippen molar-refractivity contribution in [1.29, 1.82) is 0 Å². The average Bonchev–Trinajstić information content (AvgIpc) is 0.779. The molecule has 0 saturated carbocycles. The Morgan fingerprint density at radius 2 is 0.418 bits per heavy atom. The first-order chi connectivity index (χ1) is 71.2. The van der Waals surface area contributed by atoms with Crippen LogP contribution in [0.2, 0.25) is 0 Å². The molecule has 5 N–H and O–H groups in total. The third-order valence-corrected chi connectivity index (χ3v) is 27.1. The fraction of sp³-hybridized carbons (Fsp3) is 0.215. The summed E-state index contributed by atoms with van der Waals surface area (Å²) in [7, 11) is 0. The van der Waals surface area contributed by atoms with Crippen molar-refractivity contribution in [2.45, 2.75) is 183 Å². The highest BCUT2D eigenvalue weighted by atomic mass is 79.9. The van der Waals surface area contributed by atoms with Gasteiger partial charge in [0.2, 0.25) is 0 Å². The number of nitrogens with one attached hydrogen (secondary N) is 1. The minimum Gasteiger partial charge on any atom is -0.399 e. The van der Waals surface area contributed by atoms with Gasteiger partial charge in [0.1, 0.15) is 17.5 Å². The van der Waals surface area contributed by atoms with Gasteiger partial charge in [-0.05, 0) is 381 Å². The van der Waals surface area contributed by atoms with Gasteiger partial charge in [-0.15, -0.1) is 0 Å². The van der Waals surface area contributed by atoms with Crippen LogP contribution in [0.4, 0.5) is 104 Å². The molecule has 0 amide bonds. The van der Waals surface area contributed by atoms with E-state index in [1.165, 1.54) is 135 Å². The van der Waals surface area contributed by atoms with Crippen molar-refractivity contribution in [3.05, 3.63) is 508 Å². The Bertz CT molecular complexity index is 6380. The van der Waals surface area contributed by atoms with Crippen LogP contribution in [0.1, 0.15) is 177 Å². The molecule has 0 bridgehead atoms. The summed E-state index contributed by atoms with van der Waals surface area (Å²) in [4.78, 5) is 8.21. The van der Waals surface area contributed by atoms with Crippen LogP contribution >= 0.6 is 95.6 Å². The van der Waals surface area contributed by atoms with Gasteiger partial charge in [-0.1, -0.05) is 349 Å². The molecule has 17 rings (SSSR count). The SMILES string of the molecule is Brc1ccccc1.CCCCc1ccc(Br)cc1.CCCCc1ccc(N(c2ccc(Br)cc2)c2ccc(N(c3ccc(Br)cc3)c3ccc(CCCC)cc3)c(F)c2)cc1.CCCCc1ccc(N(c2ccccc2)c2ccc(N(c3ccccc3)c3ccc(CCCC)cc3)c(F)c2)cc1.CCCCc1ccc(N)cc1.CCCCc1ccc(Nc2ccccc2)cc1.Fc1cc(Br)ccc1Br.Nc1ccccc1. The van der Waals surface area contributed by atoms with E-state index in [0.29, 0.717) is 15.8 Å². The van der Waals surface area contributed by atoms with Gasteiger partial charge in [0, 0.05) is 114 Å². The van der Waals surface area contributed by atoms with Gasteiger partial charge in [-0.25, -0.2) is 13.2 Å². The highest BCUT2D eigenvalue weighted by molar-refractivity contribution is 9.11. The maximum Gasteiger partial charge on any atom is 0.149 e. The molecular formula is C130H138Br6F3N7. The van der Waals surface area contributed by atoms with Crippen LogP contribution in [-0.2, 0) is 44.9 Å². The average molecular weight is 2340 g/mol. The molecule has 0 atom stereocenters. The molecule has 0 heterocycles. The molecule has 146 heavy (non-hydrogen) atoms. The zero-order chi connectivity index (χ0) is 104. The normalized spacial score (nSPS) is 10.4. The number of aryl methyl sites for hydroxylation is 7. The van der Waals surface area contributed by atoms with E-state index >= 15 is 8.78 Å². The minimum atomic E-state index is -0.294. The second-order valence-electron chi connectivity index (χ2n) is 35.4. The zero-order valence-electron chi connectivity index (χ0n) is 85.1.